The van der Waals surface area contributed by atoms with Gasteiger partial charge in [0, 0.05) is 22.1 Å². The van der Waals surface area contributed by atoms with Crippen molar-refractivity contribution in [1.29, 1.82) is 0 Å². The Kier molecular flexibility index (Phi) is 2.87. The predicted molar refractivity (Wildman–Crippen MR) is 53.2 cm³/mol. The summed E-state index contributed by atoms with van der Waals surface area (Å²) in [5.74, 6) is 0.114. The summed E-state index contributed by atoms with van der Waals surface area (Å²) in [6.07, 6.45) is 0.510. The number of nitrogens with two attached hydrogens (primary N) is 1. The molecule has 2 nitrogen and oxygen atoms in total. The number of anilines is 1. The maximum absolute atomic E-state index is 11.2. The normalized spacial score (nSPS) is 9.83. The minimum atomic E-state index is 0.114. The summed E-state index contributed by atoms with van der Waals surface area (Å²) < 4.78 is 0.847. The van der Waals surface area contributed by atoms with E-state index in [1.54, 1.807) is 18.2 Å². The average molecular weight is 228 g/mol. The fourth-order valence-corrected chi connectivity index (χ4v) is 1.49. The summed E-state index contributed by atoms with van der Waals surface area (Å²) in [6, 6.07) is 5.24. The van der Waals surface area contributed by atoms with Gasteiger partial charge < -0.3 is 5.73 Å². The second-order valence-corrected chi connectivity index (χ2v) is 3.47. The predicted octanol–water partition coefficient (Wildman–Crippen LogP) is 2.62. The Morgan fingerprint density at radius 3 is 2.67 bits per heavy atom. The molecule has 0 saturated carbocycles. The van der Waals surface area contributed by atoms with Gasteiger partial charge >= 0.3 is 0 Å². The highest BCUT2D eigenvalue weighted by atomic mass is 79.9. The molecule has 64 valence electrons. The molecule has 0 bridgehead atoms. The Morgan fingerprint density at radius 2 is 2.17 bits per heavy atom. The van der Waals surface area contributed by atoms with E-state index in [0.29, 0.717) is 17.7 Å². The lowest BCUT2D eigenvalue weighted by molar-refractivity contribution is 0.0988. The molecule has 0 spiro atoms. The number of rotatable bonds is 2. The van der Waals surface area contributed by atoms with Gasteiger partial charge in [0.25, 0.3) is 0 Å². The van der Waals surface area contributed by atoms with Gasteiger partial charge in [0.05, 0.1) is 0 Å². The Morgan fingerprint density at radius 1 is 1.50 bits per heavy atom. The number of halogens is 1. The molecular formula is C9H10BrNO. The van der Waals surface area contributed by atoms with Crippen LogP contribution in [0.2, 0.25) is 0 Å². The molecule has 1 rings (SSSR count). The van der Waals surface area contributed by atoms with Crippen LogP contribution >= 0.6 is 15.9 Å². The quantitative estimate of drug-likeness (QED) is 0.624. The van der Waals surface area contributed by atoms with Gasteiger partial charge in [-0.3, -0.25) is 4.79 Å². The molecule has 3 heteroatoms. The molecule has 1 aromatic carbocycles. The highest BCUT2D eigenvalue weighted by Crippen LogP contribution is 2.18. The van der Waals surface area contributed by atoms with Crippen LogP contribution < -0.4 is 5.73 Å². The van der Waals surface area contributed by atoms with Crippen molar-refractivity contribution in [2.24, 2.45) is 0 Å². The number of hydrogen-bond acceptors (Lipinski definition) is 2. The minimum Gasteiger partial charge on any atom is -0.399 e. The van der Waals surface area contributed by atoms with E-state index in [9.17, 15) is 4.79 Å². The minimum absolute atomic E-state index is 0.114. The zero-order chi connectivity index (χ0) is 9.14. The highest BCUT2D eigenvalue weighted by Gasteiger charge is 2.03. The van der Waals surface area contributed by atoms with E-state index in [-0.39, 0.29) is 5.78 Å². The topological polar surface area (TPSA) is 43.1 Å². The maximum Gasteiger partial charge on any atom is 0.162 e. The first-order valence-corrected chi connectivity index (χ1v) is 4.52. The summed E-state index contributed by atoms with van der Waals surface area (Å²) in [7, 11) is 0. The van der Waals surface area contributed by atoms with Crippen LogP contribution in [-0.4, -0.2) is 5.78 Å². The summed E-state index contributed by atoms with van der Waals surface area (Å²) in [6.45, 7) is 1.83. The molecular weight excluding hydrogens is 218 g/mol. The third-order valence-electron chi connectivity index (χ3n) is 1.56. The third kappa shape index (κ3) is 2.08. The zero-order valence-corrected chi connectivity index (χ0v) is 8.39. The van der Waals surface area contributed by atoms with Crippen molar-refractivity contribution in [2.75, 3.05) is 5.73 Å². The number of benzene rings is 1. The maximum atomic E-state index is 11.2. The van der Waals surface area contributed by atoms with E-state index >= 15 is 0 Å². The van der Waals surface area contributed by atoms with Crippen LogP contribution in [0.25, 0.3) is 0 Å². The number of carbonyl (C=O) groups excluding carboxylic acids is 1. The Bertz CT molecular complexity index is 289. The molecule has 0 aliphatic carbocycles. The molecule has 0 amide bonds. The summed E-state index contributed by atoms with van der Waals surface area (Å²) in [4.78, 5) is 11.2. The highest BCUT2D eigenvalue weighted by molar-refractivity contribution is 9.10. The molecule has 0 aliphatic rings. The van der Waals surface area contributed by atoms with E-state index in [1.807, 2.05) is 6.92 Å². The molecule has 0 saturated heterocycles. The smallest absolute Gasteiger partial charge is 0.162 e. The molecule has 12 heavy (non-hydrogen) atoms. The van der Waals surface area contributed by atoms with Crippen LogP contribution in [0.15, 0.2) is 22.7 Å². The monoisotopic (exact) mass is 227 g/mol. The van der Waals surface area contributed by atoms with E-state index in [1.165, 1.54) is 0 Å². The van der Waals surface area contributed by atoms with E-state index in [2.05, 4.69) is 15.9 Å². The first-order valence-electron chi connectivity index (χ1n) is 3.72. The second-order valence-electron chi connectivity index (χ2n) is 2.55. The first-order chi connectivity index (χ1) is 5.63. The fourth-order valence-electron chi connectivity index (χ4n) is 0.977. The van der Waals surface area contributed by atoms with Gasteiger partial charge in [-0.1, -0.05) is 22.9 Å². The SMILES string of the molecule is CCC(=O)c1cc(N)cc(Br)c1. The Balaban J connectivity index is 3.08. The van der Waals surface area contributed by atoms with Crippen molar-refractivity contribution in [2.45, 2.75) is 13.3 Å². The molecule has 2 N–H and O–H groups in total. The lowest BCUT2D eigenvalue weighted by Crippen LogP contribution is -1.97. The Hall–Kier alpha value is -0.830. The van der Waals surface area contributed by atoms with Crippen LogP contribution in [-0.2, 0) is 0 Å². The van der Waals surface area contributed by atoms with Gasteiger partial charge in [-0.2, -0.15) is 0 Å². The van der Waals surface area contributed by atoms with Crippen LogP contribution in [0.3, 0.4) is 0 Å². The molecule has 0 radical (unpaired) electrons. The van der Waals surface area contributed by atoms with Crippen LogP contribution in [0.5, 0.6) is 0 Å². The number of carbonyl (C=O) groups is 1. The third-order valence-corrected chi connectivity index (χ3v) is 2.02. The standard InChI is InChI=1S/C9H10BrNO/c1-2-9(12)6-3-7(10)5-8(11)4-6/h3-5H,2,11H2,1H3. The number of nitrogen functional groups attached to an aromatic ring is 1. The van der Waals surface area contributed by atoms with Crippen LogP contribution in [0, 0.1) is 0 Å². The Labute approximate surface area is 79.9 Å². The molecule has 0 aliphatic heterocycles. The molecule has 0 fully saturated rings. The number of Topliss-reactive ketones (excluding diaryl/α,β-unsaturated/α-hetero) is 1. The van der Waals surface area contributed by atoms with Crippen molar-refractivity contribution < 1.29 is 4.79 Å². The van der Waals surface area contributed by atoms with Gasteiger partial charge in [0.2, 0.25) is 0 Å². The molecule has 0 atom stereocenters. The number of ketones is 1. The zero-order valence-electron chi connectivity index (χ0n) is 6.80. The van der Waals surface area contributed by atoms with Gasteiger partial charge in [0.1, 0.15) is 0 Å². The van der Waals surface area contributed by atoms with Crippen molar-refractivity contribution in [3.63, 3.8) is 0 Å². The summed E-state index contributed by atoms with van der Waals surface area (Å²) in [5, 5.41) is 0. The largest absolute Gasteiger partial charge is 0.399 e. The van der Waals surface area contributed by atoms with E-state index < -0.39 is 0 Å². The van der Waals surface area contributed by atoms with E-state index in [4.69, 9.17) is 5.73 Å². The summed E-state index contributed by atoms with van der Waals surface area (Å²) in [5.41, 5.74) is 6.85. The van der Waals surface area contributed by atoms with Crippen molar-refractivity contribution in [3.05, 3.63) is 28.2 Å². The first kappa shape index (κ1) is 9.26. The lowest BCUT2D eigenvalue weighted by Gasteiger charge is -2.00. The van der Waals surface area contributed by atoms with E-state index in [0.717, 1.165) is 4.47 Å². The van der Waals surface area contributed by atoms with Gasteiger partial charge in [-0.25, -0.2) is 0 Å². The lowest BCUT2D eigenvalue weighted by atomic mass is 10.1. The molecule has 1 aromatic rings. The fraction of sp³-hybridized carbons (Fsp3) is 0.222. The second kappa shape index (κ2) is 3.72. The van der Waals surface area contributed by atoms with Crippen molar-refractivity contribution >= 4 is 27.4 Å². The molecule has 0 heterocycles. The van der Waals surface area contributed by atoms with Gasteiger partial charge in [-0.05, 0) is 18.2 Å². The van der Waals surface area contributed by atoms with Crippen LogP contribution in [0.1, 0.15) is 23.7 Å². The van der Waals surface area contributed by atoms with Crippen molar-refractivity contribution in [1.82, 2.24) is 0 Å². The molecule has 0 aromatic heterocycles. The summed E-state index contributed by atoms with van der Waals surface area (Å²) >= 11 is 3.28. The van der Waals surface area contributed by atoms with Crippen LogP contribution in [0.4, 0.5) is 5.69 Å². The average Bonchev–Trinajstić information content (AvgIpc) is 2.01. The van der Waals surface area contributed by atoms with Crippen molar-refractivity contribution in [3.8, 4) is 0 Å². The number of hydrogen-bond donors (Lipinski definition) is 1. The van der Waals surface area contributed by atoms with Gasteiger partial charge in [0.15, 0.2) is 5.78 Å². The molecule has 0 unspecified atom stereocenters. The van der Waals surface area contributed by atoms with Gasteiger partial charge in [-0.15, -0.1) is 0 Å².